The second-order valence-electron chi connectivity index (χ2n) is 6.01. The van der Waals surface area contributed by atoms with E-state index in [4.69, 9.17) is 0 Å². The van der Waals surface area contributed by atoms with Gasteiger partial charge in [-0.25, -0.2) is 0 Å². The van der Waals surface area contributed by atoms with Crippen LogP contribution in [0.3, 0.4) is 0 Å². The molecule has 1 saturated heterocycles. The quantitative estimate of drug-likeness (QED) is 0.850. The Labute approximate surface area is 115 Å². The highest BCUT2D eigenvalue weighted by Gasteiger charge is 2.52. The van der Waals surface area contributed by atoms with E-state index in [1.807, 2.05) is 18.7 Å². The molecule has 2 atom stereocenters. The van der Waals surface area contributed by atoms with Crippen LogP contribution in [-0.2, 0) is 9.59 Å². The Kier molecular flexibility index (Phi) is 4.16. The number of hydrogen-bond donors (Lipinski definition) is 1. The minimum Gasteiger partial charge on any atom is -0.342 e. The van der Waals surface area contributed by atoms with Crippen LogP contribution in [0.1, 0.15) is 59.3 Å². The molecule has 4 nitrogen and oxygen atoms in total. The number of hydrogen-bond acceptors (Lipinski definition) is 2. The van der Waals surface area contributed by atoms with Gasteiger partial charge in [-0.05, 0) is 25.7 Å². The van der Waals surface area contributed by atoms with Crippen molar-refractivity contribution in [2.75, 3.05) is 6.54 Å². The molecule has 2 amide bonds. The lowest BCUT2D eigenvalue weighted by atomic mass is 9.76. The van der Waals surface area contributed by atoms with Gasteiger partial charge in [-0.2, -0.15) is 0 Å². The molecule has 2 fully saturated rings. The number of nitrogens with zero attached hydrogens (tertiary/aromatic N) is 1. The summed E-state index contributed by atoms with van der Waals surface area (Å²) in [6, 6.07) is -0.329. The van der Waals surface area contributed by atoms with Gasteiger partial charge in [0, 0.05) is 6.54 Å². The SMILES string of the molecule is CCC(C)C1NC(=O)C2(CCCCC2)N(CC)C1=O. The minimum absolute atomic E-state index is 0.0824. The van der Waals surface area contributed by atoms with E-state index < -0.39 is 5.54 Å². The molecule has 0 radical (unpaired) electrons. The number of carbonyl (C=O) groups is 2. The molecule has 1 aliphatic heterocycles. The Hall–Kier alpha value is -1.06. The van der Waals surface area contributed by atoms with Crippen molar-refractivity contribution in [2.24, 2.45) is 5.92 Å². The molecule has 1 spiro atoms. The summed E-state index contributed by atoms with van der Waals surface area (Å²) in [4.78, 5) is 27.2. The fraction of sp³-hybridized carbons (Fsp3) is 0.867. The predicted molar refractivity (Wildman–Crippen MR) is 74.6 cm³/mol. The maximum absolute atomic E-state index is 12.7. The van der Waals surface area contributed by atoms with Crippen LogP contribution in [0.25, 0.3) is 0 Å². The summed E-state index contributed by atoms with van der Waals surface area (Å²) < 4.78 is 0. The lowest BCUT2D eigenvalue weighted by Gasteiger charge is -2.50. The molecule has 1 aliphatic carbocycles. The van der Waals surface area contributed by atoms with E-state index in [2.05, 4.69) is 12.2 Å². The maximum atomic E-state index is 12.7. The lowest BCUT2D eigenvalue weighted by molar-refractivity contribution is -0.161. The number of amides is 2. The Bertz CT molecular complexity index is 361. The molecule has 1 N–H and O–H groups in total. The standard InChI is InChI=1S/C15H26N2O2/c1-4-11(3)12-13(18)17(5-2)15(14(19)16-12)9-7-6-8-10-15/h11-12H,4-10H2,1-3H3,(H,16,19). The smallest absolute Gasteiger partial charge is 0.246 e. The summed E-state index contributed by atoms with van der Waals surface area (Å²) in [6.45, 7) is 6.72. The van der Waals surface area contributed by atoms with Gasteiger partial charge in [-0.15, -0.1) is 0 Å². The zero-order chi connectivity index (χ0) is 14.0. The molecule has 0 aromatic rings. The molecule has 1 saturated carbocycles. The summed E-state index contributed by atoms with van der Waals surface area (Å²) in [5.41, 5.74) is -0.548. The van der Waals surface area contributed by atoms with E-state index in [0.29, 0.717) is 6.54 Å². The van der Waals surface area contributed by atoms with Gasteiger partial charge in [-0.3, -0.25) is 9.59 Å². The third-order valence-corrected chi connectivity index (χ3v) is 4.97. The molecular formula is C15H26N2O2. The monoisotopic (exact) mass is 266 g/mol. The van der Waals surface area contributed by atoms with E-state index in [1.54, 1.807) is 0 Å². The molecule has 0 bridgehead atoms. The molecule has 2 rings (SSSR count). The molecule has 0 aromatic heterocycles. The molecule has 108 valence electrons. The third-order valence-electron chi connectivity index (χ3n) is 4.97. The van der Waals surface area contributed by atoms with Crippen LogP contribution in [0, 0.1) is 5.92 Å². The van der Waals surface area contributed by atoms with Crippen LogP contribution in [-0.4, -0.2) is 34.8 Å². The van der Waals surface area contributed by atoms with Gasteiger partial charge in [-0.1, -0.05) is 39.5 Å². The highest BCUT2D eigenvalue weighted by molar-refractivity contribution is 6.00. The zero-order valence-electron chi connectivity index (χ0n) is 12.4. The second kappa shape index (κ2) is 5.51. The largest absolute Gasteiger partial charge is 0.342 e. The van der Waals surface area contributed by atoms with Gasteiger partial charge in [0.2, 0.25) is 11.8 Å². The first-order valence-electron chi connectivity index (χ1n) is 7.69. The van der Waals surface area contributed by atoms with E-state index >= 15 is 0 Å². The van der Waals surface area contributed by atoms with Gasteiger partial charge < -0.3 is 10.2 Å². The molecular weight excluding hydrogens is 240 g/mol. The summed E-state index contributed by atoms with van der Waals surface area (Å²) in [5, 5.41) is 3.01. The van der Waals surface area contributed by atoms with Crippen molar-refractivity contribution < 1.29 is 9.59 Å². The second-order valence-corrected chi connectivity index (χ2v) is 6.01. The maximum Gasteiger partial charge on any atom is 0.246 e. The van der Waals surface area contributed by atoms with Crippen LogP contribution >= 0.6 is 0 Å². The Balaban J connectivity index is 2.29. The summed E-state index contributed by atoms with van der Waals surface area (Å²) in [6.07, 6.45) is 5.82. The molecule has 19 heavy (non-hydrogen) atoms. The summed E-state index contributed by atoms with van der Waals surface area (Å²) >= 11 is 0. The van der Waals surface area contributed by atoms with Crippen LogP contribution in [0.4, 0.5) is 0 Å². The molecule has 4 heteroatoms. The number of carbonyl (C=O) groups excluding carboxylic acids is 2. The van der Waals surface area contributed by atoms with E-state index in [9.17, 15) is 9.59 Å². The molecule has 0 aromatic carbocycles. The highest BCUT2D eigenvalue weighted by Crippen LogP contribution is 2.37. The fourth-order valence-corrected chi connectivity index (χ4v) is 3.55. The molecule has 1 heterocycles. The van der Waals surface area contributed by atoms with Crippen LogP contribution in [0.2, 0.25) is 0 Å². The van der Waals surface area contributed by atoms with Crippen molar-refractivity contribution >= 4 is 11.8 Å². The first-order chi connectivity index (χ1) is 9.06. The normalized spacial score (nSPS) is 28.4. The Morgan fingerprint density at radius 1 is 1.26 bits per heavy atom. The van der Waals surface area contributed by atoms with E-state index in [0.717, 1.165) is 32.1 Å². The minimum atomic E-state index is -0.548. The fourth-order valence-electron chi connectivity index (χ4n) is 3.55. The van der Waals surface area contributed by atoms with Crippen molar-refractivity contribution in [3.05, 3.63) is 0 Å². The van der Waals surface area contributed by atoms with Gasteiger partial charge in [0.1, 0.15) is 11.6 Å². The molecule has 2 unspecified atom stereocenters. The van der Waals surface area contributed by atoms with Crippen molar-refractivity contribution in [1.82, 2.24) is 10.2 Å². The number of nitrogens with one attached hydrogen (secondary N) is 1. The van der Waals surface area contributed by atoms with Gasteiger partial charge in [0.05, 0.1) is 0 Å². The van der Waals surface area contributed by atoms with E-state index in [1.165, 1.54) is 6.42 Å². The van der Waals surface area contributed by atoms with E-state index in [-0.39, 0.29) is 23.8 Å². The van der Waals surface area contributed by atoms with Crippen molar-refractivity contribution in [3.8, 4) is 0 Å². The predicted octanol–water partition coefficient (Wildman–Crippen LogP) is 2.08. The van der Waals surface area contributed by atoms with Gasteiger partial charge >= 0.3 is 0 Å². The van der Waals surface area contributed by atoms with Crippen molar-refractivity contribution in [3.63, 3.8) is 0 Å². The van der Waals surface area contributed by atoms with Crippen molar-refractivity contribution in [1.29, 1.82) is 0 Å². The average Bonchev–Trinajstić information content (AvgIpc) is 2.44. The van der Waals surface area contributed by atoms with Crippen LogP contribution < -0.4 is 5.32 Å². The van der Waals surface area contributed by atoms with Crippen LogP contribution in [0.15, 0.2) is 0 Å². The summed E-state index contributed by atoms with van der Waals surface area (Å²) in [7, 11) is 0. The first-order valence-corrected chi connectivity index (χ1v) is 7.69. The third kappa shape index (κ3) is 2.26. The number of piperazine rings is 1. The molecule has 2 aliphatic rings. The number of likely N-dealkylation sites (N-methyl/N-ethyl adjacent to an activating group) is 1. The lowest BCUT2D eigenvalue weighted by Crippen LogP contribution is -2.72. The Morgan fingerprint density at radius 2 is 1.89 bits per heavy atom. The summed E-state index contributed by atoms with van der Waals surface area (Å²) in [5.74, 6) is 0.406. The first kappa shape index (κ1) is 14.4. The van der Waals surface area contributed by atoms with Gasteiger partial charge in [0.25, 0.3) is 0 Å². The van der Waals surface area contributed by atoms with Crippen molar-refractivity contribution in [2.45, 2.75) is 70.9 Å². The average molecular weight is 266 g/mol. The zero-order valence-corrected chi connectivity index (χ0v) is 12.4. The van der Waals surface area contributed by atoms with Crippen LogP contribution in [0.5, 0.6) is 0 Å². The number of rotatable bonds is 3. The highest BCUT2D eigenvalue weighted by atomic mass is 16.2. The Morgan fingerprint density at radius 3 is 2.42 bits per heavy atom. The topological polar surface area (TPSA) is 49.4 Å². The van der Waals surface area contributed by atoms with Gasteiger partial charge in [0.15, 0.2) is 0 Å².